The fourth-order valence-electron chi connectivity index (χ4n) is 2.34. The molecule has 2 aromatic rings. The van der Waals surface area contributed by atoms with Crippen molar-refractivity contribution in [2.24, 2.45) is 4.99 Å². The van der Waals surface area contributed by atoms with Gasteiger partial charge in [-0.3, -0.25) is 4.79 Å². The highest BCUT2D eigenvalue weighted by Crippen LogP contribution is 2.39. The minimum atomic E-state index is -3.21. The molecule has 3 heterocycles. The molecule has 0 radical (unpaired) electrons. The van der Waals surface area contributed by atoms with Crippen molar-refractivity contribution in [3.05, 3.63) is 40.8 Å². The van der Waals surface area contributed by atoms with E-state index >= 15 is 0 Å². The Bertz CT molecular complexity index is 1070. The van der Waals surface area contributed by atoms with Crippen molar-refractivity contribution in [1.29, 1.82) is 0 Å². The minimum absolute atomic E-state index is 0.0836. The van der Waals surface area contributed by atoms with E-state index in [2.05, 4.69) is 10.3 Å². The van der Waals surface area contributed by atoms with Crippen LogP contribution < -0.4 is 5.32 Å². The van der Waals surface area contributed by atoms with Gasteiger partial charge in [0.05, 0.1) is 27.9 Å². The Morgan fingerprint density at radius 1 is 1.30 bits per heavy atom. The van der Waals surface area contributed by atoms with Gasteiger partial charge in [-0.25, -0.2) is 4.99 Å². The number of carbonyl (C=O) groups is 1. The number of aliphatic imine (C=N–C) groups is 1. The molecule has 0 bridgehead atoms. The number of benzene rings is 1. The summed E-state index contributed by atoms with van der Waals surface area (Å²) in [5, 5.41) is 3.72. The molecular weight excluding hydrogens is 308 g/mol. The second-order valence-corrected chi connectivity index (χ2v) is 6.19. The molecule has 1 aromatic carbocycles. The molecule has 2 aliphatic heterocycles. The summed E-state index contributed by atoms with van der Waals surface area (Å²) in [6.45, 7) is -11.0. The van der Waals surface area contributed by atoms with Crippen LogP contribution in [0.4, 0.5) is 16.4 Å². The van der Waals surface area contributed by atoms with Crippen molar-refractivity contribution in [3.63, 3.8) is 0 Å². The van der Waals surface area contributed by atoms with Gasteiger partial charge in [0.25, 0.3) is 0 Å². The number of nitrogens with zero attached hydrogens (tertiary/aromatic N) is 3. The number of fused-ring (bicyclic) bond motifs is 2. The van der Waals surface area contributed by atoms with Crippen LogP contribution in [0.15, 0.2) is 35.3 Å². The predicted molar refractivity (Wildman–Crippen MR) is 94.2 cm³/mol. The number of anilines is 2. The Kier molecular flexibility index (Phi) is 1.97. The minimum Gasteiger partial charge on any atom is -0.352 e. The second kappa shape index (κ2) is 5.70. The number of hydrogen-bond donors (Lipinski definition) is 1. The van der Waals surface area contributed by atoms with Crippen LogP contribution in [0.5, 0.6) is 0 Å². The lowest BCUT2D eigenvalue weighted by atomic mass is 10.2. The van der Waals surface area contributed by atoms with Gasteiger partial charge in [-0.2, -0.15) is 0 Å². The SMILES string of the molecule is [2H]C1([2H])N(C=O)C([2H])([2H])C([2H])([2H])N(C2=Nc3ccccc3Nc3sc(C)cc32)C1([2H])[2H]. The van der Waals surface area contributed by atoms with E-state index in [1.807, 2.05) is 0 Å². The first kappa shape index (κ1) is 7.97. The summed E-state index contributed by atoms with van der Waals surface area (Å²) < 4.78 is 66.9. The average molecular weight is 334 g/mol. The van der Waals surface area contributed by atoms with E-state index in [4.69, 9.17) is 11.0 Å². The maximum atomic E-state index is 11.5. The van der Waals surface area contributed by atoms with E-state index in [0.29, 0.717) is 26.8 Å². The number of carbonyl (C=O) groups excluding carboxylic acids is 1. The maximum absolute atomic E-state index is 11.5. The molecule has 1 aromatic heterocycles. The second-order valence-electron chi connectivity index (χ2n) is 4.94. The van der Waals surface area contributed by atoms with Crippen LogP contribution in [0, 0.1) is 6.92 Å². The molecule has 0 aliphatic carbocycles. The van der Waals surface area contributed by atoms with Crippen LogP contribution in [0.1, 0.15) is 21.4 Å². The van der Waals surface area contributed by atoms with Crippen LogP contribution >= 0.6 is 11.3 Å². The molecule has 0 unspecified atom stereocenters. The van der Waals surface area contributed by atoms with E-state index in [9.17, 15) is 4.79 Å². The lowest BCUT2D eigenvalue weighted by molar-refractivity contribution is -0.119. The van der Waals surface area contributed by atoms with Gasteiger partial charge in [0.1, 0.15) is 10.8 Å². The van der Waals surface area contributed by atoms with Gasteiger partial charge in [-0.05, 0) is 25.1 Å². The summed E-state index contributed by atoms with van der Waals surface area (Å²) in [5.41, 5.74) is 1.24. The number of nitrogens with one attached hydrogen (secondary N) is 1. The highest BCUT2D eigenvalue weighted by molar-refractivity contribution is 7.16. The molecule has 1 fully saturated rings. The van der Waals surface area contributed by atoms with E-state index < -0.39 is 26.0 Å². The monoisotopic (exact) mass is 334 g/mol. The molecule has 1 amide bonds. The summed E-state index contributed by atoms with van der Waals surface area (Å²) in [6.07, 6.45) is -0.209. The smallest absolute Gasteiger partial charge is 0.209 e. The van der Waals surface area contributed by atoms with Gasteiger partial charge in [-0.15, -0.1) is 11.3 Å². The summed E-state index contributed by atoms with van der Waals surface area (Å²) >= 11 is 1.32. The van der Waals surface area contributed by atoms with Gasteiger partial charge in [0.15, 0.2) is 0 Å². The quantitative estimate of drug-likeness (QED) is 0.816. The Morgan fingerprint density at radius 3 is 2.87 bits per heavy atom. The topological polar surface area (TPSA) is 47.9 Å². The molecule has 0 atom stereocenters. The molecule has 118 valence electrons. The first-order valence-corrected chi connectivity index (χ1v) is 7.69. The van der Waals surface area contributed by atoms with E-state index in [1.54, 1.807) is 37.3 Å². The molecule has 0 spiro atoms. The van der Waals surface area contributed by atoms with Crippen molar-refractivity contribution in [2.45, 2.75) is 6.92 Å². The third kappa shape index (κ3) is 2.59. The fraction of sp³-hybridized carbons (Fsp3) is 0.294. The van der Waals surface area contributed by atoms with E-state index in [1.165, 1.54) is 11.3 Å². The van der Waals surface area contributed by atoms with Crippen LogP contribution in [0.3, 0.4) is 0 Å². The van der Waals surface area contributed by atoms with Gasteiger partial charge in [0.2, 0.25) is 6.41 Å². The van der Waals surface area contributed by atoms with Crippen molar-refractivity contribution >= 4 is 40.0 Å². The van der Waals surface area contributed by atoms with Crippen LogP contribution in [-0.4, -0.2) is 48.0 Å². The molecule has 4 rings (SSSR count). The van der Waals surface area contributed by atoms with Crippen molar-refractivity contribution in [2.75, 3.05) is 31.3 Å². The number of para-hydroxylation sites is 2. The maximum Gasteiger partial charge on any atom is 0.209 e. The Balaban J connectivity index is 2.05. The van der Waals surface area contributed by atoms with Gasteiger partial charge in [0, 0.05) is 30.9 Å². The zero-order chi connectivity index (χ0) is 23.0. The average Bonchev–Trinajstić information content (AvgIpc) is 2.94. The molecule has 5 nitrogen and oxygen atoms in total. The van der Waals surface area contributed by atoms with E-state index in [-0.39, 0.29) is 17.1 Å². The zero-order valence-corrected chi connectivity index (χ0v) is 12.9. The fourth-order valence-corrected chi connectivity index (χ4v) is 3.26. The molecule has 0 saturated carbocycles. The molecule has 6 heteroatoms. The van der Waals surface area contributed by atoms with Gasteiger partial charge in [-0.1, -0.05) is 12.1 Å². The molecule has 23 heavy (non-hydrogen) atoms. The third-order valence-corrected chi connectivity index (χ3v) is 4.32. The van der Waals surface area contributed by atoms with Crippen molar-refractivity contribution in [3.8, 4) is 0 Å². The van der Waals surface area contributed by atoms with Crippen molar-refractivity contribution in [1.82, 2.24) is 9.80 Å². The lowest BCUT2D eigenvalue weighted by Gasteiger charge is -2.34. The largest absolute Gasteiger partial charge is 0.352 e. The third-order valence-electron chi connectivity index (χ3n) is 3.36. The van der Waals surface area contributed by atoms with Gasteiger partial charge >= 0.3 is 0 Å². The van der Waals surface area contributed by atoms with Crippen molar-refractivity contribution < 1.29 is 15.8 Å². The van der Waals surface area contributed by atoms with Crippen LogP contribution in [-0.2, 0) is 4.79 Å². The number of amides is 1. The molecule has 2 aliphatic rings. The first-order valence-electron chi connectivity index (χ1n) is 10.9. The highest BCUT2D eigenvalue weighted by Gasteiger charge is 2.25. The molecule has 1 saturated heterocycles. The lowest BCUT2D eigenvalue weighted by Crippen LogP contribution is -2.48. The standard InChI is InChI=1S/C17H18N4OS/c1-12-10-13-16(21-8-6-20(11-22)7-9-21)18-14-4-2-3-5-15(14)19-17(13)23-12/h2-5,10-11,19H,6-9H2,1H3/i6D2,7D2,8D2,9D2. The van der Waals surface area contributed by atoms with Crippen LogP contribution in [0.25, 0.3) is 0 Å². The Hall–Kier alpha value is -2.34. The van der Waals surface area contributed by atoms with Crippen LogP contribution in [0.2, 0.25) is 0 Å². The number of amidine groups is 1. The summed E-state index contributed by atoms with van der Waals surface area (Å²) in [5.74, 6) is -0.273. The summed E-state index contributed by atoms with van der Waals surface area (Å²) in [6, 6.07) is 8.49. The summed E-state index contributed by atoms with van der Waals surface area (Å²) in [4.78, 5) is 17.1. The zero-order valence-electron chi connectivity index (χ0n) is 20.1. The number of rotatable bonds is 1. The van der Waals surface area contributed by atoms with Gasteiger partial charge < -0.3 is 15.1 Å². The normalized spacial score (nSPS) is 30.7. The summed E-state index contributed by atoms with van der Waals surface area (Å²) in [7, 11) is 0. The number of aryl methyl sites for hydroxylation is 1. The first-order chi connectivity index (χ1) is 14.3. The number of hydrogen-bond acceptors (Lipinski definition) is 5. The number of piperazine rings is 1. The van der Waals surface area contributed by atoms with E-state index in [0.717, 1.165) is 4.88 Å². The Labute approximate surface area is 150 Å². The molecule has 1 N–H and O–H groups in total. The predicted octanol–water partition coefficient (Wildman–Crippen LogP) is 2.97. The highest BCUT2D eigenvalue weighted by atomic mass is 32.1. The Morgan fingerprint density at radius 2 is 2.09 bits per heavy atom. The molecular formula is C17H18N4OS. The number of thiophene rings is 1.